The first-order valence-corrected chi connectivity index (χ1v) is 12.2. The van der Waals surface area contributed by atoms with Crippen LogP contribution >= 0.6 is 0 Å². The van der Waals surface area contributed by atoms with Crippen molar-refractivity contribution in [3.8, 4) is 17.1 Å². The Labute approximate surface area is 131 Å². The maximum atomic E-state index is 12.7. The average molecular weight is 340 g/mol. The molecule has 0 aliphatic carbocycles. The largest absolute Gasteiger partial charge is 0.496 e. The maximum absolute atomic E-state index is 12.7. The van der Waals surface area contributed by atoms with E-state index in [1.54, 1.807) is 18.2 Å². The molecule has 1 aromatic heterocycles. The summed E-state index contributed by atoms with van der Waals surface area (Å²) in [6, 6.07) is 5.60. The number of methoxy groups -OCH3 is 1. The van der Waals surface area contributed by atoms with E-state index in [1.807, 2.05) is 0 Å². The molecule has 0 saturated heterocycles. The van der Waals surface area contributed by atoms with E-state index in [0.29, 0.717) is 17.4 Å². The predicted octanol–water partition coefficient (Wildman–Crippen LogP) is 1.99. The van der Waals surface area contributed by atoms with Crippen molar-refractivity contribution in [2.24, 2.45) is 0 Å². The van der Waals surface area contributed by atoms with Crippen LogP contribution < -0.4 is 4.74 Å². The van der Waals surface area contributed by atoms with Crippen molar-refractivity contribution in [3.63, 3.8) is 0 Å². The van der Waals surface area contributed by atoms with Gasteiger partial charge in [-0.2, -0.15) is 5.21 Å². The van der Waals surface area contributed by atoms with Crippen LogP contribution in [0.1, 0.15) is 0 Å². The molecule has 0 aliphatic rings. The first kappa shape index (κ1) is 16.6. The van der Waals surface area contributed by atoms with Gasteiger partial charge >= 0.3 is 0 Å². The van der Waals surface area contributed by atoms with E-state index in [2.05, 4.69) is 40.3 Å². The van der Waals surface area contributed by atoms with Gasteiger partial charge in [0.2, 0.25) is 5.82 Å². The zero-order valence-electron chi connectivity index (χ0n) is 13.1. The van der Waals surface area contributed by atoms with Gasteiger partial charge in [0, 0.05) is 8.07 Å². The summed E-state index contributed by atoms with van der Waals surface area (Å²) in [5.41, 5.74) is 0.356. The van der Waals surface area contributed by atoms with Crippen LogP contribution in [0, 0.1) is 0 Å². The van der Waals surface area contributed by atoms with Gasteiger partial charge in [0.15, 0.2) is 9.84 Å². The lowest BCUT2D eigenvalue weighted by atomic mass is 10.2. The minimum atomic E-state index is -3.45. The van der Waals surface area contributed by atoms with Crippen LogP contribution in [0.5, 0.6) is 5.75 Å². The second kappa shape index (κ2) is 6.17. The van der Waals surface area contributed by atoms with Gasteiger partial charge in [0.05, 0.1) is 23.3 Å². The van der Waals surface area contributed by atoms with Gasteiger partial charge in [-0.05, 0) is 23.4 Å². The van der Waals surface area contributed by atoms with Crippen molar-refractivity contribution in [1.29, 1.82) is 0 Å². The van der Waals surface area contributed by atoms with E-state index >= 15 is 0 Å². The van der Waals surface area contributed by atoms with E-state index in [1.165, 1.54) is 7.11 Å². The summed E-state index contributed by atoms with van der Waals surface area (Å²) in [6.07, 6.45) is 0. The third-order valence-corrected chi connectivity index (χ3v) is 7.10. The zero-order valence-corrected chi connectivity index (χ0v) is 14.9. The fourth-order valence-corrected chi connectivity index (χ4v) is 6.51. The van der Waals surface area contributed by atoms with Gasteiger partial charge in [-0.15, -0.1) is 10.2 Å². The Bertz CT molecular complexity index is 739. The van der Waals surface area contributed by atoms with Gasteiger partial charge in [-0.3, -0.25) is 0 Å². The summed E-state index contributed by atoms with van der Waals surface area (Å²) in [7, 11) is -3.43. The Morgan fingerprint density at radius 2 is 2.00 bits per heavy atom. The third-order valence-electron chi connectivity index (χ3n) is 3.23. The molecule has 2 rings (SSSR count). The van der Waals surface area contributed by atoms with Crippen molar-refractivity contribution in [2.75, 3.05) is 12.9 Å². The molecule has 9 heteroatoms. The fraction of sp³-hybridized carbons (Fsp3) is 0.462. The molecule has 0 amide bonds. The summed E-state index contributed by atoms with van der Waals surface area (Å²) < 4.78 is 30.8. The number of aromatic amines is 1. The number of benzene rings is 1. The number of aromatic nitrogens is 4. The monoisotopic (exact) mass is 340 g/mol. The summed E-state index contributed by atoms with van der Waals surface area (Å²) in [6.45, 7) is 6.44. The lowest BCUT2D eigenvalue weighted by molar-refractivity contribution is 0.415. The molecule has 0 unspecified atom stereocenters. The Hall–Kier alpha value is -1.74. The van der Waals surface area contributed by atoms with E-state index < -0.39 is 17.9 Å². The standard InChI is InChI=1S/C13H20N4O3SSi/c1-20-10-6-5-7-11(12(10)13-14-16-17-15-13)21(18,19)8-9-22(2,3)4/h5-7H,8-9H2,1-4H3,(H,14,15,16,17). The zero-order chi connectivity index (χ0) is 16.4. The molecule has 1 N–H and O–H groups in total. The number of rotatable bonds is 6. The molecule has 0 atom stereocenters. The molecular formula is C13H20N4O3SSi. The maximum Gasteiger partial charge on any atom is 0.209 e. The minimum absolute atomic E-state index is 0.112. The molecule has 0 bridgehead atoms. The average Bonchev–Trinajstić information content (AvgIpc) is 2.97. The number of hydrogen-bond acceptors (Lipinski definition) is 6. The summed E-state index contributed by atoms with van der Waals surface area (Å²) >= 11 is 0. The van der Waals surface area contributed by atoms with Crippen LogP contribution in [0.4, 0.5) is 0 Å². The Kier molecular flexibility index (Phi) is 4.66. The van der Waals surface area contributed by atoms with E-state index in [4.69, 9.17) is 4.74 Å². The molecule has 0 fully saturated rings. The molecule has 0 radical (unpaired) electrons. The van der Waals surface area contributed by atoms with Gasteiger partial charge in [-0.25, -0.2) is 8.42 Å². The second-order valence-corrected chi connectivity index (χ2v) is 13.9. The fourth-order valence-electron chi connectivity index (χ4n) is 1.98. The van der Waals surface area contributed by atoms with E-state index in [-0.39, 0.29) is 16.5 Å². The smallest absolute Gasteiger partial charge is 0.209 e. The Morgan fingerprint density at radius 1 is 1.27 bits per heavy atom. The molecule has 1 heterocycles. The number of sulfone groups is 1. The molecule has 0 saturated carbocycles. The highest BCUT2D eigenvalue weighted by Gasteiger charge is 2.27. The molecule has 2 aromatic rings. The first-order chi connectivity index (χ1) is 10.2. The molecule has 1 aromatic carbocycles. The third kappa shape index (κ3) is 3.71. The Morgan fingerprint density at radius 3 is 2.55 bits per heavy atom. The van der Waals surface area contributed by atoms with Crippen molar-refractivity contribution < 1.29 is 13.2 Å². The molecular weight excluding hydrogens is 320 g/mol. The number of nitrogens with zero attached hydrogens (tertiary/aromatic N) is 3. The topological polar surface area (TPSA) is 97.8 Å². The lowest BCUT2D eigenvalue weighted by Crippen LogP contribution is -2.24. The van der Waals surface area contributed by atoms with E-state index in [9.17, 15) is 8.42 Å². The van der Waals surface area contributed by atoms with E-state index in [0.717, 1.165) is 0 Å². The number of ether oxygens (including phenoxy) is 1. The molecule has 7 nitrogen and oxygen atoms in total. The van der Waals surface area contributed by atoms with Crippen LogP contribution in [-0.2, 0) is 9.84 Å². The van der Waals surface area contributed by atoms with Crippen LogP contribution in [0.2, 0.25) is 25.7 Å². The van der Waals surface area contributed by atoms with Gasteiger partial charge in [0.1, 0.15) is 5.75 Å². The highest BCUT2D eigenvalue weighted by Crippen LogP contribution is 2.34. The minimum Gasteiger partial charge on any atom is -0.496 e. The quantitative estimate of drug-likeness (QED) is 0.808. The highest BCUT2D eigenvalue weighted by atomic mass is 32.2. The Balaban J connectivity index is 2.51. The van der Waals surface area contributed by atoms with Gasteiger partial charge < -0.3 is 4.74 Å². The van der Waals surface area contributed by atoms with Crippen molar-refractivity contribution in [1.82, 2.24) is 20.6 Å². The normalized spacial score (nSPS) is 12.4. The molecule has 22 heavy (non-hydrogen) atoms. The predicted molar refractivity (Wildman–Crippen MR) is 86.4 cm³/mol. The van der Waals surface area contributed by atoms with Crippen LogP contribution in [0.25, 0.3) is 11.4 Å². The summed E-state index contributed by atoms with van der Waals surface area (Å²) in [5.74, 6) is 0.736. The molecule has 120 valence electrons. The van der Waals surface area contributed by atoms with Crippen molar-refractivity contribution in [2.45, 2.75) is 30.6 Å². The SMILES string of the molecule is COc1cccc(S(=O)(=O)CC[Si](C)(C)C)c1-c1nn[nH]n1. The van der Waals surface area contributed by atoms with Gasteiger partial charge in [0.25, 0.3) is 0 Å². The highest BCUT2D eigenvalue weighted by molar-refractivity contribution is 7.91. The number of nitrogens with one attached hydrogen (secondary N) is 1. The molecule has 0 aliphatic heterocycles. The second-order valence-electron chi connectivity index (χ2n) is 6.20. The lowest BCUT2D eigenvalue weighted by Gasteiger charge is -2.17. The summed E-state index contributed by atoms with van der Waals surface area (Å²) in [4.78, 5) is 0.187. The van der Waals surface area contributed by atoms with Crippen molar-refractivity contribution >= 4 is 17.9 Å². The van der Waals surface area contributed by atoms with Crippen LogP contribution in [-0.4, -0.2) is 50.0 Å². The number of tetrazole rings is 1. The van der Waals surface area contributed by atoms with Crippen molar-refractivity contribution in [3.05, 3.63) is 18.2 Å². The van der Waals surface area contributed by atoms with Gasteiger partial charge in [-0.1, -0.05) is 25.7 Å². The molecule has 0 spiro atoms. The van der Waals surface area contributed by atoms with Crippen LogP contribution in [0.3, 0.4) is 0 Å². The number of H-pyrrole nitrogens is 1. The van der Waals surface area contributed by atoms with Crippen LogP contribution in [0.15, 0.2) is 23.1 Å². The number of hydrogen-bond donors (Lipinski definition) is 1. The first-order valence-electron chi connectivity index (χ1n) is 6.88. The summed E-state index contributed by atoms with van der Waals surface area (Å²) in [5, 5.41) is 13.6.